The third-order valence-corrected chi connectivity index (χ3v) is 3.61. The molecule has 0 spiro atoms. The van der Waals surface area contributed by atoms with Crippen molar-refractivity contribution < 1.29 is 27.5 Å². The van der Waals surface area contributed by atoms with Crippen LogP contribution >= 0.6 is 11.6 Å². The van der Waals surface area contributed by atoms with Gasteiger partial charge in [-0.3, -0.25) is 14.3 Å². The average molecular weight is 416 g/mol. The van der Waals surface area contributed by atoms with Crippen LogP contribution in [-0.4, -0.2) is 33.6 Å². The molecule has 2 aromatic rings. The molecule has 12 heteroatoms. The van der Waals surface area contributed by atoms with E-state index in [0.717, 1.165) is 12.1 Å². The number of nitrogens with one attached hydrogen (secondary N) is 1. The molecule has 1 aromatic carbocycles. The maximum atomic E-state index is 13.0. The Morgan fingerprint density at radius 2 is 2.14 bits per heavy atom. The molecule has 1 unspecified atom stereocenters. The number of benzene rings is 1. The summed E-state index contributed by atoms with van der Waals surface area (Å²) in [4.78, 5) is 23.9. The molecule has 1 aromatic heterocycles. The Balaban J connectivity index is 2.24. The van der Waals surface area contributed by atoms with Crippen LogP contribution in [-0.2, 0) is 27.0 Å². The number of nitrogens with zero attached hydrogens (tertiary/aromatic N) is 3. The molecule has 28 heavy (non-hydrogen) atoms. The van der Waals surface area contributed by atoms with Gasteiger partial charge in [0.25, 0.3) is 5.91 Å². The van der Waals surface area contributed by atoms with E-state index in [-0.39, 0.29) is 12.2 Å². The van der Waals surface area contributed by atoms with E-state index in [1.165, 1.54) is 23.1 Å². The third-order valence-electron chi connectivity index (χ3n) is 3.39. The van der Waals surface area contributed by atoms with Gasteiger partial charge in [-0.1, -0.05) is 0 Å². The number of nitriles is 1. The molecule has 0 aliphatic carbocycles. The van der Waals surface area contributed by atoms with Crippen molar-refractivity contribution in [1.82, 2.24) is 9.78 Å². The monoisotopic (exact) mass is 415 g/mol. The molecule has 8 nitrogen and oxygen atoms in total. The van der Waals surface area contributed by atoms with Crippen molar-refractivity contribution in [3.63, 3.8) is 0 Å². The molecule has 0 aliphatic rings. The van der Waals surface area contributed by atoms with E-state index in [1.54, 1.807) is 0 Å². The number of carbonyl (C=O) groups excluding carboxylic acids is 2. The first-order chi connectivity index (χ1) is 13.1. The summed E-state index contributed by atoms with van der Waals surface area (Å²) in [5.74, 6) is -2.34. The lowest BCUT2D eigenvalue weighted by Crippen LogP contribution is -2.36. The van der Waals surface area contributed by atoms with Crippen molar-refractivity contribution in [1.29, 1.82) is 5.26 Å². The molecular weight excluding hydrogens is 403 g/mol. The smallest absolute Gasteiger partial charge is 0.417 e. The Bertz CT molecular complexity index is 923. The van der Waals surface area contributed by atoms with Crippen LogP contribution < -0.4 is 11.1 Å². The minimum absolute atomic E-state index is 0.233. The van der Waals surface area contributed by atoms with Gasteiger partial charge in [0, 0.05) is 11.9 Å². The van der Waals surface area contributed by atoms with Crippen LogP contribution in [0.1, 0.15) is 11.1 Å². The number of rotatable bonds is 6. The molecular formula is C16H13ClF3N5O3. The van der Waals surface area contributed by atoms with Crippen LogP contribution in [0.2, 0.25) is 0 Å². The zero-order valence-electron chi connectivity index (χ0n) is 14.0. The minimum atomic E-state index is -4.79. The lowest BCUT2D eigenvalue weighted by Gasteiger charge is -2.18. The Hall–Kier alpha value is -3.26. The zero-order chi connectivity index (χ0) is 20.9. The summed E-state index contributed by atoms with van der Waals surface area (Å²) in [5, 5.41) is 14.9. The first kappa shape index (κ1) is 21.0. The van der Waals surface area contributed by atoms with Gasteiger partial charge >= 0.3 is 12.1 Å². The molecule has 1 atom stereocenters. The lowest BCUT2D eigenvalue weighted by atomic mass is 10.1. The van der Waals surface area contributed by atoms with E-state index in [1.807, 2.05) is 0 Å². The molecule has 1 amide bonds. The highest BCUT2D eigenvalue weighted by molar-refractivity contribution is 6.26. The number of ether oxygens (including phenoxy) is 1. The maximum absolute atomic E-state index is 13.0. The topological polar surface area (TPSA) is 123 Å². The van der Waals surface area contributed by atoms with Crippen molar-refractivity contribution in [3.05, 3.63) is 41.7 Å². The van der Waals surface area contributed by atoms with Crippen molar-refractivity contribution in [2.75, 3.05) is 16.9 Å². The van der Waals surface area contributed by atoms with Gasteiger partial charge in [-0.15, -0.1) is 11.6 Å². The van der Waals surface area contributed by atoms with Crippen LogP contribution in [0.3, 0.4) is 0 Å². The highest BCUT2D eigenvalue weighted by Crippen LogP contribution is 2.33. The van der Waals surface area contributed by atoms with Crippen LogP contribution in [0.5, 0.6) is 0 Å². The van der Waals surface area contributed by atoms with Crippen molar-refractivity contribution in [3.8, 4) is 6.07 Å². The summed E-state index contributed by atoms with van der Waals surface area (Å²) in [6.45, 7) is -0.242. The first-order valence-corrected chi connectivity index (χ1v) is 8.13. The first-order valence-electron chi connectivity index (χ1n) is 7.59. The Labute approximate surface area is 161 Å². The fraction of sp³-hybridized carbons (Fsp3) is 0.250. The van der Waals surface area contributed by atoms with Gasteiger partial charge in [0.15, 0.2) is 6.10 Å². The molecule has 148 valence electrons. The number of hydrogen-bond donors (Lipinski definition) is 2. The fourth-order valence-corrected chi connectivity index (χ4v) is 2.25. The van der Waals surface area contributed by atoms with Crippen LogP contribution in [0, 0.1) is 11.3 Å². The minimum Gasteiger partial charge on any atom is -0.449 e. The maximum Gasteiger partial charge on any atom is 0.417 e. The highest BCUT2D eigenvalue weighted by Gasteiger charge is 2.34. The summed E-state index contributed by atoms with van der Waals surface area (Å²) < 4.78 is 45.3. The second-order valence-corrected chi connectivity index (χ2v) is 5.73. The molecule has 0 fully saturated rings. The average Bonchev–Trinajstić information content (AvgIpc) is 3.05. The summed E-state index contributed by atoms with van der Waals surface area (Å²) in [6.07, 6.45) is -3.55. The van der Waals surface area contributed by atoms with Gasteiger partial charge in [-0.05, 0) is 18.2 Å². The van der Waals surface area contributed by atoms with Gasteiger partial charge in [0.05, 0.1) is 35.6 Å². The Morgan fingerprint density at radius 1 is 1.43 bits per heavy atom. The van der Waals surface area contributed by atoms with Gasteiger partial charge in [-0.2, -0.15) is 23.5 Å². The molecule has 0 saturated heterocycles. The number of hydrogen-bond acceptors (Lipinski definition) is 6. The fourth-order valence-electron chi connectivity index (χ4n) is 2.19. The summed E-state index contributed by atoms with van der Waals surface area (Å²) in [7, 11) is 0. The van der Waals surface area contributed by atoms with Gasteiger partial charge < -0.3 is 15.8 Å². The van der Waals surface area contributed by atoms with Crippen LogP contribution in [0.25, 0.3) is 0 Å². The number of carbonyl (C=O) groups is 2. The molecule has 1 heterocycles. The Kier molecular flexibility index (Phi) is 6.48. The van der Waals surface area contributed by atoms with E-state index in [4.69, 9.17) is 27.3 Å². The van der Waals surface area contributed by atoms with E-state index in [2.05, 4.69) is 10.4 Å². The summed E-state index contributed by atoms with van der Waals surface area (Å²) >= 11 is 5.37. The molecule has 2 rings (SSSR count). The van der Waals surface area contributed by atoms with Gasteiger partial charge in [0.2, 0.25) is 0 Å². The van der Waals surface area contributed by atoms with Crippen LogP contribution in [0.15, 0.2) is 30.6 Å². The number of nitrogen functional groups attached to an aromatic ring is 1. The second-order valence-electron chi connectivity index (χ2n) is 5.47. The van der Waals surface area contributed by atoms with Gasteiger partial charge in [0.1, 0.15) is 5.88 Å². The number of alkyl halides is 4. The molecule has 0 aliphatic heterocycles. The number of anilines is 2. The molecule has 0 radical (unpaired) electrons. The quantitative estimate of drug-likeness (QED) is 0.550. The molecule has 3 N–H and O–H groups in total. The molecule has 0 bridgehead atoms. The van der Waals surface area contributed by atoms with Gasteiger partial charge in [-0.25, -0.2) is 0 Å². The SMILES string of the molecule is N#Cc1ccc(NC(=O)C(Cn2cc(N)cn2)OC(=O)CCl)cc1C(F)(F)F. The number of halogens is 4. The van der Waals surface area contributed by atoms with Crippen molar-refractivity contribution in [2.45, 2.75) is 18.8 Å². The summed E-state index contributed by atoms with van der Waals surface area (Å²) in [5.41, 5.74) is 3.78. The number of amides is 1. The van der Waals surface area contributed by atoms with E-state index in [0.29, 0.717) is 11.8 Å². The second kappa shape index (κ2) is 8.62. The molecule has 0 saturated carbocycles. The van der Waals surface area contributed by atoms with E-state index < -0.39 is 41.2 Å². The highest BCUT2D eigenvalue weighted by atomic mass is 35.5. The van der Waals surface area contributed by atoms with Crippen LogP contribution in [0.4, 0.5) is 24.5 Å². The number of esters is 1. The third kappa shape index (κ3) is 5.37. The van der Waals surface area contributed by atoms with E-state index >= 15 is 0 Å². The van der Waals surface area contributed by atoms with Crippen molar-refractivity contribution in [2.24, 2.45) is 0 Å². The standard InChI is InChI=1S/C16H13ClF3N5O3/c17-4-14(26)28-13(8-25-7-10(22)6-23-25)15(27)24-11-2-1-9(5-21)12(3-11)16(18,19)20/h1-3,6-7,13H,4,8,22H2,(H,24,27). The Morgan fingerprint density at radius 3 is 2.68 bits per heavy atom. The zero-order valence-corrected chi connectivity index (χ0v) is 14.8. The predicted molar refractivity (Wildman–Crippen MR) is 92.0 cm³/mol. The van der Waals surface area contributed by atoms with E-state index in [9.17, 15) is 22.8 Å². The predicted octanol–water partition coefficient (Wildman–Crippen LogP) is 2.15. The lowest BCUT2D eigenvalue weighted by molar-refractivity contribution is -0.152. The summed E-state index contributed by atoms with van der Waals surface area (Å²) in [6, 6.07) is 4.09. The normalized spacial score (nSPS) is 12.1. The largest absolute Gasteiger partial charge is 0.449 e. The number of aromatic nitrogens is 2. The van der Waals surface area contributed by atoms with Crippen molar-refractivity contribution >= 4 is 34.9 Å². The number of nitrogens with two attached hydrogens (primary N) is 1.